The second-order valence-corrected chi connectivity index (χ2v) is 6.44. The van der Waals surface area contributed by atoms with E-state index in [1.807, 2.05) is 11.3 Å². The van der Waals surface area contributed by atoms with Crippen LogP contribution in [-0.2, 0) is 6.54 Å². The van der Waals surface area contributed by atoms with E-state index < -0.39 is 0 Å². The summed E-state index contributed by atoms with van der Waals surface area (Å²) in [7, 11) is 0. The third-order valence-corrected chi connectivity index (χ3v) is 4.47. The van der Waals surface area contributed by atoms with Crippen molar-refractivity contribution >= 4 is 28.2 Å². The first kappa shape index (κ1) is 14.1. The van der Waals surface area contributed by atoms with E-state index in [1.54, 1.807) is 0 Å². The van der Waals surface area contributed by atoms with Crippen LogP contribution in [0.2, 0.25) is 0 Å². The largest absolute Gasteiger partial charge is 0.309 e. The van der Waals surface area contributed by atoms with E-state index in [0.29, 0.717) is 0 Å². The lowest BCUT2D eigenvalue weighted by atomic mass is 10.0. The van der Waals surface area contributed by atoms with Gasteiger partial charge in [-0.25, -0.2) is 0 Å². The Bertz CT molecular complexity index is 750. The van der Waals surface area contributed by atoms with Crippen LogP contribution in [0.25, 0.3) is 16.8 Å². The minimum atomic E-state index is 0.889. The highest BCUT2D eigenvalue weighted by atomic mass is 32.1. The average molecular weight is 293 g/mol. The van der Waals surface area contributed by atoms with Crippen LogP contribution in [0, 0.1) is 6.92 Å². The lowest BCUT2D eigenvalue weighted by molar-refractivity contribution is 0.765. The number of thiophene rings is 1. The molecule has 21 heavy (non-hydrogen) atoms. The van der Waals surface area contributed by atoms with Gasteiger partial charge in [0.15, 0.2) is 0 Å². The molecule has 0 aliphatic rings. The van der Waals surface area contributed by atoms with Gasteiger partial charge in [-0.3, -0.25) is 0 Å². The molecular formula is C19H19NS. The van der Waals surface area contributed by atoms with Crippen LogP contribution in [0.15, 0.2) is 60.7 Å². The molecule has 2 heteroatoms. The van der Waals surface area contributed by atoms with E-state index in [4.69, 9.17) is 0 Å². The van der Waals surface area contributed by atoms with Gasteiger partial charge in [0.25, 0.3) is 0 Å². The minimum Gasteiger partial charge on any atom is -0.309 e. The summed E-state index contributed by atoms with van der Waals surface area (Å²) in [4.78, 5) is 2.68. The number of nitrogens with one attached hydrogen (secondary N) is 1. The number of hydrogen-bond donors (Lipinski definition) is 1. The first-order valence-corrected chi connectivity index (χ1v) is 8.05. The number of rotatable bonds is 5. The average Bonchev–Trinajstić information content (AvgIpc) is 2.92. The summed E-state index contributed by atoms with van der Waals surface area (Å²) in [5.41, 5.74) is 1.36. The molecular weight excluding hydrogens is 274 g/mol. The molecule has 3 aromatic rings. The monoisotopic (exact) mass is 293 g/mol. The second kappa shape index (κ2) is 6.70. The molecule has 0 amide bonds. The van der Waals surface area contributed by atoms with Crippen LogP contribution in [0.1, 0.15) is 15.3 Å². The summed E-state index contributed by atoms with van der Waals surface area (Å²) in [6, 6.07) is 19.4. The Morgan fingerprint density at radius 2 is 1.86 bits per heavy atom. The van der Waals surface area contributed by atoms with Crippen LogP contribution in [0.3, 0.4) is 0 Å². The van der Waals surface area contributed by atoms with Gasteiger partial charge in [0.2, 0.25) is 0 Å². The molecule has 0 aliphatic heterocycles. The first-order valence-electron chi connectivity index (χ1n) is 7.23. The maximum absolute atomic E-state index is 3.49. The highest BCUT2D eigenvalue weighted by Gasteiger charge is 1.98. The summed E-state index contributed by atoms with van der Waals surface area (Å²) < 4.78 is 0. The van der Waals surface area contributed by atoms with Crippen molar-refractivity contribution in [2.45, 2.75) is 13.5 Å². The minimum absolute atomic E-state index is 0.889. The molecule has 0 radical (unpaired) electrons. The highest BCUT2D eigenvalue weighted by Crippen LogP contribution is 2.18. The van der Waals surface area contributed by atoms with Gasteiger partial charge in [0.1, 0.15) is 0 Å². The maximum Gasteiger partial charge on any atom is 0.0270 e. The summed E-state index contributed by atoms with van der Waals surface area (Å²) in [6.07, 6.45) is 4.38. The van der Waals surface area contributed by atoms with Crippen LogP contribution >= 0.6 is 11.3 Å². The Labute approximate surface area is 129 Å². The Morgan fingerprint density at radius 3 is 2.71 bits per heavy atom. The van der Waals surface area contributed by atoms with E-state index >= 15 is 0 Å². The molecule has 0 fully saturated rings. The Kier molecular flexibility index (Phi) is 4.49. The van der Waals surface area contributed by atoms with Crippen LogP contribution in [-0.4, -0.2) is 6.54 Å². The number of fused-ring (bicyclic) bond motifs is 1. The Morgan fingerprint density at radius 1 is 1.00 bits per heavy atom. The van der Waals surface area contributed by atoms with Gasteiger partial charge < -0.3 is 5.32 Å². The van der Waals surface area contributed by atoms with Crippen molar-refractivity contribution in [1.82, 2.24) is 5.32 Å². The van der Waals surface area contributed by atoms with Gasteiger partial charge in [0, 0.05) is 22.8 Å². The van der Waals surface area contributed by atoms with E-state index in [2.05, 4.69) is 79.0 Å². The van der Waals surface area contributed by atoms with Crippen molar-refractivity contribution in [2.75, 3.05) is 6.54 Å². The number of aryl methyl sites for hydroxylation is 1. The van der Waals surface area contributed by atoms with Crippen molar-refractivity contribution in [3.05, 3.63) is 76.0 Å². The molecule has 0 atom stereocenters. The second-order valence-electron chi connectivity index (χ2n) is 5.12. The summed E-state index contributed by atoms with van der Waals surface area (Å²) >= 11 is 1.83. The van der Waals surface area contributed by atoms with Crippen molar-refractivity contribution in [1.29, 1.82) is 0 Å². The van der Waals surface area contributed by atoms with E-state index in [-0.39, 0.29) is 0 Å². The van der Waals surface area contributed by atoms with Crippen LogP contribution in [0.5, 0.6) is 0 Å². The molecule has 2 aromatic carbocycles. The molecule has 0 saturated carbocycles. The fraction of sp³-hybridized carbons (Fsp3) is 0.158. The predicted octanol–water partition coefficient (Wildman–Crippen LogP) is 5.01. The third-order valence-electron chi connectivity index (χ3n) is 3.50. The van der Waals surface area contributed by atoms with E-state index in [9.17, 15) is 0 Å². The zero-order valence-electron chi connectivity index (χ0n) is 12.2. The highest BCUT2D eigenvalue weighted by molar-refractivity contribution is 7.12. The van der Waals surface area contributed by atoms with Crippen molar-refractivity contribution in [3.63, 3.8) is 0 Å². The maximum atomic E-state index is 3.49. The van der Waals surface area contributed by atoms with Gasteiger partial charge in [-0.15, -0.1) is 11.3 Å². The predicted molar refractivity (Wildman–Crippen MR) is 93.7 cm³/mol. The van der Waals surface area contributed by atoms with Crippen LogP contribution in [0.4, 0.5) is 0 Å². The van der Waals surface area contributed by atoms with Gasteiger partial charge in [-0.05, 0) is 41.5 Å². The van der Waals surface area contributed by atoms with Gasteiger partial charge in [-0.1, -0.05) is 48.5 Å². The lowest BCUT2D eigenvalue weighted by Gasteiger charge is -2.06. The Balaban J connectivity index is 1.58. The smallest absolute Gasteiger partial charge is 0.0270 e. The van der Waals surface area contributed by atoms with E-state index in [0.717, 1.165) is 13.1 Å². The van der Waals surface area contributed by atoms with Crippen molar-refractivity contribution in [3.8, 4) is 0 Å². The Hall–Kier alpha value is -1.90. The van der Waals surface area contributed by atoms with Crippen LogP contribution < -0.4 is 5.32 Å². The molecule has 1 nitrogen and oxygen atoms in total. The molecule has 0 unspecified atom stereocenters. The molecule has 1 heterocycles. The van der Waals surface area contributed by atoms with Gasteiger partial charge >= 0.3 is 0 Å². The summed E-state index contributed by atoms with van der Waals surface area (Å²) in [5.74, 6) is 0. The van der Waals surface area contributed by atoms with Gasteiger partial charge in [-0.2, -0.15) is 0 Å². The number of benzene rings is 2. The molecule has 0 bridgehead atoms. The molecule has 1 N–H and O–H groups in total. The fourth-order valence-electron chi connectivity index (χ4n) is 2.45. The topological polar surface area (TPSA) is 12.0 Å². The standard InChI is InChI=1S/C19H19NS/c1-15-11-12-18(21-15)9-5-13-20-14-17-8-4-7-16-6-2-3-10-19(16)17/h2-12,20H,13-14H2,1H3/b9-5+. The SMILES string of the molecule is Cc1ccc(/C=C/CNCc2cccc3ccccc23)s1. The summed E-state index contributed by atoms with van der Waals surface area (Å²) in [5, 5.41) is 6.13. The lowest BCUT2D eigenvalue weighted by Crippen LogP contribution is -2.12. The molecule has 1 aromatic heterocycles. The molecule has 3 rings (SSSR count). The molecule has 0 spiro atoms. The normalized spacial score (nSPS) is 11.5. The molecule has 0 aliphatic carbocycles. The number of hydrogen-bond acceptors (Lipinski definition) is 2. The molecule has 106 valence electrons. The van der Waals surface area contributed by atoms with Gasteiger partial charge in [0.05, 0.1) is 0 Å². The third kappa shape index (κ3) is 3.60. The fourth-order valence-corrected chi connectivity index (χ4v) is 3.26. The van der Waals surface area contributed by atoms with Crippen molar-refractivity contribution in [2.24, 2.45) is 0 Å². The zero-order valence-corrected chi connectivity index (χ0v) is 13.0. The first-order chi connectivity index (χ1) is 10.3. The quantitative estimate of drug-likeness (QED) is 0.652. The molecule has 0 saturated heterocycles. The van der Waals surface area contributed by atoms with E-state index in [1.165, 1.54) is 26.1 Å². The van der Waals surface area contributed by atoms with Crippen molar-refractivity contribution < 1.29 is 0 Å². The zero-order chi connectivity index (χ0) is 14.5. The summed E-state index contributed by atoms with van der Waals surface area (Å²) in [6.45, 7) is 3.93.